The molecule has 1 heterocycles. The molecule has 16 heavy (non-hydrogen) atoms. The lowest BCUT2D eigenvalue weighted by Crippen LogP contribution is -2.25. The summed E-state index contributed by atoms with van der Waals surface area (Å²) in [6.45, 7) is -0.0375. The Morgan fingerprint density at radius 1 is 1.44 bits per heavy atom. The molecular formula is C11H13F3N2. The summed E-state index contributed by atoms with van der Waals surface area (Å²) < 4.78 is 35.9. The lowest BCUT2D eigenvalue weighted by atomic mass is 10.2. The lowest BCUT2D eigenvalue weighted by Gasteiger charge is -2.13. The first-order valence-electron chi connectivity index (χ1n) is 5.30. The summed E-state index contributed by atoms with van der Waals surface area (Å²) in [7, 11) is 0. The first-order chi connectivity index (χ1) is 7.56. The highest BCUT2D eigenvalue weighted by molar-refractivity contribution is 5.27. The summed E-state index contributed by atoms with van der Waals surface area (Å²) in [5.41, 5.74) is 2.05. The second-order valence-corrected chi connectivity index (χ2v) is 3.96. The van der Waals surface area contributed by atoms with E-state index in [0.717, 1.165) is 24.1 Å². The number of hydrogen-bond donors (Lipinski definition) is 1. The molecule has 0 saturated heterocycles. The molecule has 1 aliphatic carbocycles. The molecule has 5 heteroatoms. The van der Waals surface area contributed by atoms with Gasteiger partial charge in [-0.2, -0.15) is 13.2 Å². The van der Waals surface area contributed by atoms with E-state index in [0.29, 0.717) is 0 Å². The van der Waals surface area contributed by atoms with Crippen molar-refractivity contribution in [3.63, 3.8) is 0 Å². The number of aryl methyl sites for hydroxylation is 1. The third-order valence-electron chi connectivity index (χ3n) is 2.76. The van der Waals surface area contributed by atoms with Crippen molar-refractivity contribution >= 4 is 0 Å². The Labute approximate surface area is 91.9 Å². The number of nitrogens with one attached hydrogen (secondary N) is 1. The van der Waals surface area contributed by atoms with E-state index in [1.807, 2.05) is 12.1 Å². The van der Waals surface area contributed by atoms with E-state index in [1.54, 1.807) is 6.20 Å². The first kappa shape index (κ1) is 11.4. The zero-order valence-electron chi connectivity index (χ0n) is 8.72. The normalized spacial score (nSPS) is 19.8. The molecule has 1 aromatic rings. The fourth-order valence-corrected chi connectivity index (χ4v) is 2.00. The summed E-state index contributed by atoms with van der Waals surface area (Å²) in [6.07, 6.45) is -1.45. The Hall–Kier alpha value is -1.10. The van der Waals surface area contributed by atoms with Crippen LogP contribution in [0.25, 0.3) is 0 Å². The second kappa shape index (κ2) is 4.41. The number of alkyl halides is 3. The van der Waals surface area contributed by atoms with Crippen molar-refractivity contribution < 1.29 is 13.2 Å². The lowest BCUT2D eigenvalue weighted by molar-refractivity contribution is -0.133. The predicted molar refractivity (Wildman–Crippen MR) is 54.0 cm³/mol. The van der Waals surface area contributed by atoms with Gasteiger partial charge in [-0.05, 0) is 24.5 Å². The van der Waals surface area contributed by atoms with Crippen molar-refractivity contribution in [1.29, 1.82) is 0 Å². The van der Waals surface area contributed by atoms with E-state index in [2.05, 4.69) is 10.3 Å². The van der Waals surface area contributed by atoms with Gasteiger partial charge in [0.25, 0.3) is 0 Å². The fraction of sp³-hybridized carbons (Fsp3) is 0.545. The standard InChI is InChI=1S/C11H13F3N2/c12-11(13,14)5-7-15-9-4-3-8-2-1-6-16-10(8)9/h1-2,6,9,15H,3-5,7H2. The molecule has 0 amide bonds. The van der Waals surface area contributed by atoms with Crippen LogP contribution in [0.4, 0.5) is 13.2 Å². The Morgan fingerprint density at radius 3 is 3.00 bits per heavy atom. The van der Waals surface area contributed by atoms with E-state index in [-0.39, 0.29) is 12.6 Å². The molecule has 0 spiro atoms. The minimum Gasteiger partial charge on any atom is -0.308 e. The highest BCUT2D eigenvalue weighted by atomic mass is 19.4. The van der Waals surface area contributed by atoms with E-state index in [4.69, 9.17) is 0 Å². The third-order valence-corrected chi connectivity index (χ3v) is 2.76. The van der Waals surface area contributed by atoms with Crippen LogP contribution in [0.2, 0.25) is 0 Å². The predicted octanol–water partition coefficient (Wildman–Crippen LogP) is 2.61. The SMILES string of the molecule is FC(F)(F)CCNC1CCc2cccnc21. The monoisotopic (exact) mass is 230 g/mol. The van der Waals surface area contributed by atoms with Gasteiger partial charge in [-0.1, -0.05) is 6.07 Å². The first-order valence-corrected chi connectivity index (χ1v) is 5.30. The second-order valence-electron chi connectivity index (χ2n) is 3.96. The number of aromatic nitrogens is 1. The zero-order chi connectivity index (χ0) is 11.6. The van der Waals surface area contributed by atoms with Gasteiger partial charge in [0.15, 0.2) is 0 Å². The minimum atomic E-state index is -4.08. The van der Waals surface area contributed by atoms with Gasteiger partial charge in [0.05, 0.1) is 18.2 Å². The van der Waals surface area contributed by atoms with Gasteiger partial charge in [0, 0.05) is 12.7 Å². The molecule has 1 N–H and O–H groups in total. The largest absolute Gasteiger partial charge is 0.390 e. The summed E-state index contributed by atoms with van der Waals surface area (Å²) in [5.74, 6) is 0. The molecule has 0 fully saturated rings. The smallest absolute Gasteiger partial charge is 0.308 e. The van der Waals surface area contributed by atoms with Crippen molar-refractivity contribution in [2.45, 2.75) is 31.5 Å². The van der Waals surface area contributed by atoms with Crippen LogP contribution in [-0.2, 0) is 6.42 Å². The Bertz CT molecular complexity index is 362. The highest BCUT2D eigenvalue weighted by Gasteiger charge is 2.28. The maximum absolute atomic E-state index is 12.0. The van der Waals surface area contributed by atoms with Crippen LogP contribution < -0.4 is 5.32 Å². The molecule has 1 aliphatic rings. The van der Waals surface area contributed by atoms with E-state index < -0.39 is 12.6 Å². The van der Waals surface area contributed by atoms with Gasteiger partial charge in [-0.15, -0.1) is 0 Å². The molecule has 88 valence electrons. The van der Waals surface area contributed by atoms with Crippen molar-refractivity contribution in [1.82, 2.24) is 10.3 Å². The van der Waals surface area contributed by atoms with Gasteiger partial charge >= 0.3 is 6.18 Å². The minimum absolute atomic E-state index is 0.0152. The molecule has 1 aromatic heterocycles. The average molecular weight is 230 g/mol. The maximum Gasteiger partial charge on any atom is 0.390 e. The van der Waals surface area contributed by atoms with Gasteiger partial charge in [0.1, 0.15) is 0 Å². The fourth-order valence-electron chi connectivity index (χ4n) is 2.00. The van der Waals surface area contributed by atoms with E-state index in [1.165, 1.54) is 0 Å². The molecule has 0 aromatic carbocycles. The van der Waals surface area contributed by atoms with Crippen LogP contribution in [0.1, 0.15) is 30.1 Å². The van der Waals surface area contributed by atoms with Crippen LogP contribution in [0.5, 0.6) is 0 Å². The van der Waals surface area contributed by atoms with Gasteiger partial charge in [-0.3, -0.25) is 4.98 Å². The van der Waals surface area contributed by atoms with Crippen molar-refractivity contribution in [2.24, 2.45) is 0 Å². The number of pyridine rings is 1. The summed E-state index contributed by atoms with van der Waals surface area (Å²) >= 11 is 0. The van der Waals surface area contributed by atoms with Crippen LogP contribution in [0.3, 0.4) is 0 Å². The quantitative estimate of drug-likeness (QED) is 0.863. The molecule has 0 radical (unpaired) electrons. The number of fused-ring (bicyclic) bond motifs is 1. The molecule has 2 rings (SSSR count). The third kappa shape index (κ3) is 2.72. The van der Waals surface area contributed by atoms with Gasteiger partial charge < -0.3 is 5.32 Å². The molecule has 1 unspecified atom stereocenters. The van der Waals surface area contributed by atoms with Crippen LogP contribution in [0, 0.1) is 0 Å². The number of rotatable bonds is 3. The number of nitrogens with zero attached hydrogens (tertiary/aromatic N) is 1. The maximum atomic E-state index is 12.0. The Morgan fingerprint density at radius 2 is 2.25 bits per heavy atom. The summed E-state index contributed by atoms with van der Waals surface area (Å²) in [6, 6.07) is 3.82. The van der Waals surface area contributed by atoms with Crippen LogP contribution in [-0.4, -0.2) is 17.7 Å². The van der Waals surface area contributed by atoms with Crippen molar-refractivity contribution in [2.75, 3.05) is 6.54 Å². The molecule has 0 bridgehead atoms. The average Bonchev–Trinajstić information content (AvgIpc) is 2.60. The van der Waals surface area contributed by atoms with Gasteiger partial charge in [0.2, 0.25) is 0 Å². The Balaban J connectivity index is 1.89. The summed E-state index contributed by atoms with van der Waals surface area (Å²) in [4.78, 5) is 4.21. The Kier molecular flexibility index (Phi) is 3.14. The molecule has 0 saturated carbocycles. The van der Waals surface area contributed by atoms with Gasteiger partial charge in [-0.25, -0.2) is 0 Å². The van der Waals surface area contributed by atoms with Crippen molar-refractivity contribution in [3.8, 4) is 0 Å². The molecular weight excluding hydrogens is 217 g/mol. The van der Waals surface area contributed by atoms with E-state index >= 15 is 0 Å². The number of halogens is 3. The summed E-state index contributed by atoms with van der Waals surface area (Å²) in [5, 5.41) is 2.91. The van der Waals surface area contributed by atoms with E-state index in [9.17, 15) is 13.2 Å². The number of hydrogen-bond acceptors (Lipinski definition) is 2. The molecule has 0 aliphatic heterocycles. The topological polar surface area (TPSA) is 24.9 Å². The molecule has 2 nitrogen and oxygen atoms in total. The zero-order valence-corrected chi connectivity index (χ0v) is 8.72. The van der Waals surface area contributed by atoms with Crippen LogP contribution in [0.15, 0.2) is 18.3 Å². The van der Waals surface area contributed by atoms with Crippen molar-refractivity contribution in [3.05, 3.63) is 29.6 Å². The highest BCUT2D eigenvalue weighted by Crippen LogP contribution is 2.29. The van der Waals surface area contributed by atoms with Crippen LogP contribution >= 0.6 is 0 Å². The molecule has 1 atom stereocenters.